The highest BCUT2D eigenvalue weighted by molar-refractivity contribution is 14.1. The monoisotopic (exact) mass is 366 g/mol. The average molecular weight is 366 g/mol. The van der Waals surface area contributed by atoms with Gasteiger partial charge in [0.05, 0.1) is 3.92 Å². The Morgan fingerprint density at radius 2 is 1.74 bits per heavy atom. The molecule has 0 spiro atoms. The predicted molar refractivity (Wildman–Crippen MR) is 85.5 cm³/mol. The Morgan fingerprint density at radius 1 is 1.11 bits per heavy atom. The minimum Gasteiger partial charge on any atom is -0.238 e. The third-order valence-corrected chi connectivity index (χ3v) is 5.42. The van der Waals surface area contributed by atoms with Crippen molar-refractivity contribution in [3.63, 3.8) is 0 Å². The van der Waals surface area contributed by atoms with E-state index in [1.165, 1.54) is 5.56 Å². The van der Waals surface area contributed by atoms with E-state index < -0.39 is 5.67 Å². The molecular formula is C17H16FI. The second-order valence-corrected chi connectivity index (χ2v) is 6.39. The molecule has 2 aromatic rings. The van der Waals surface area contributed by atoms with Crippen molar-refractivity contribution in [3.05, 3.63) is 70.8 Å². The molecule has 19 heavy (non-hydrogen) atoms. The molecule has 1 aliphatic rings. The van der Waals surface area contributed by atoms with Crippen LogP contribution in [0.1, 0.15) is 39.5 Å². The fraction of sp³-hybridized carbons (Fsp3) is 0.294. The molecule has 0 radical (unpaired) electrons. The maximum absolute atomic E-state index is 15.4. The SMILES string of the molecule is CCC1(F)Cc2ccccc2C(I)c2ccccc21. The molecule has 0 saturated carbocycles. The summed E-state index contributed by atoms with van der Waals surface area (Å²) in [4.78, 5) is 0. The van der Waals surface area contributed by atoms with Gasteiger partial charge in [-0.3, -0.25) is 0 Å². The van der Waals surface area contributed by atoms with Crippen LogP contribution in [0.2, 0.25) is 0 Å². The van der Waals surface area contributed by atoms with Gasteiger partial charge in [0.1, 0.15) is 5.67 Å². The number of hydrogen-bond acceptors (Lipinski definition) is 0. The first kappa shape index (κ1) is 13.1. The van der Waals surface area contributed by atoms with Gasteiger partial charge >= 0.3 is 0 Å². The number of benzene rings is 2. The molecule has 0 N–H and O–H groups in total. The number of halogens is 2. The highest BCUT2D eigenvalue weighted by Crippen LogP contribution is 2.46. The summed E-state index contributed by atoms with van der Waals surface area (Å²) >= 11 is 2.43. The molecular weight excluding hydrogens is 350 g/mol. The van der Waals surface area contributed by atoms with Gasteiger partial charge in [0.2, 0.25) is 0 Å². The highest BCUT2D eigenvalue weighted by Gasteiger charge is 2.37. The minimum atomic E-state index is -1.24. The van der Waals surface area contributed by atoms with Gasteiger partial charge < -0.3 is 0 Å². The lowest BCUT2D eigenvalue weighted by Gasteiger charge is -2.25. The summed E-state index contributed by atoms with van der Waals surface area (Å²) in [5.41, 5.74) is 3.14. The van der Waals surface area contributed by atoms with Gasteiger partial charge in [-0.1, -0.05) is 78.0 Å². The quantitative estimate of drug-likeness (QED) is 0.472. The lowest BCUT2D eigenvalue weighted by molar-refractivity contribution is 0.158. The Morgan fingerprint density at radius 3 is 2.47 bits per heavy atom. The fourth-order valence-corrected chi connectivity index (χ4v) is 4.10. The molecule has 0 aromatic heterocycles. The van der Waals surface area contributed by atoms with E-state index in [0.717, 1.165) is 16.7 Å². The van der Waals surface area contributed by atoms with Crippen molar-refractivity contribution < 1.29 is 4.39 Å². The second kappa shape index (κ2) is 4.89. The van der Waals surface area contributed by atoms with Gasteiger partial charge in [0.15, 0.2) is 0 Å². The third kappa shape index (κ3) is 2.10. The summed E-state index contributed by atoms with van der Waals surface area (Å²) < 4.78 is 15.6. The number of alkyl halides is 2. The van der Waals surface area contributed by atoms with Crippen molar-refractivity contribution in [2.75, 3.05) is 0 Å². The molecule has 2 atom stereocenters. The van der Waals surface area contributed by atoms with Gasteiger partial charge in [-0.05, 0) is 28.7 Å². The van der Waals surface area contributed by atoms with Crippen LogP contribution in [-0.4, -0.2) is 0 Å². The molecule has 0 nitrogen and oxygen atoms in total. The van der Waals surface area contributed by atoms with Crippen LogP contribution >= 0.6 is 22.6 Å². The Hall–Kier alpha value is -0.900. The lowest BCUT2D eigenvalue weighted by atomic mass is 9.86. The molecule has 0 heterocycles. The van der Waals surface area contributed by atoms with Gasteiger partial charge in [-0.15, -0.1) is 0 Å². The topological polar surface area (TPSA) is 0 Å². The summed E-state index contributed by atoms with van der Waals surface area (Å²) in [5, 5.41) is 0. The van der Waals surface area contributed by atoms with Crippen LogP contribution in [0.3, 0.4) is 0 Å². The molecule has 1 aliphatic carbocycles. The van der Waals surface area contributed by atoms with Gasteiger partial charge in [-0.25, -0.2) is 4.39 Å². The van der Waals surface area contributed by atoms with Crippen molar-refractivity contribution in [2.45, 2.75) is 29.4 Å². The first-order chi connectivity index (χ1) is 9.15. The van der Waals surface area contributed by atoms with Crippen molar-refractivity contribution in [1.82, 2.24) is 0 Å². The van der Waals surface area contributed by atoms with Crippen LogP contribution in [0.25, 0.3) is 0 Å². The van der Waals surface area contributed by atoms with Crippen LogP contribution in [0.5, 0.6) is 0 Å². The van der Waals surface area contributed by atoms with E-state index >= 15 is 4.39 Å². The highest BCUT2D eigenvalue weighted by atomic mass is 127. The van der Waals surface area contributed by atoms with Crippen LogP contribution < -0.4 is 0 Å². The van der Waals surface area contributed by atoms with E-state index in [1.54, 1.807) is 0 Å². The minimum absolute atomic E-state index is 0.231. The standard InChI is InChI=1S/C17H16FI/c1-2-17(18)11-12-7-3-4-8-13(12)16(19)14-9-5-6-10-15(14)17/h3-10,16H,2,11H2,1H3. The van der Waals surface area contributed by atoms with Gasteiger partial charge in [0.25, 0.3) is 0 Å². The summed E-state index contributed by atoms with van der Waals surface area (Å²) in [7, 11) is 0. The molecule has 98 valence electrons. The number of hydrogen-bond donors (Lipinski definition) is 0. The molecule has 0 bridgehead atoms. The Balaban J connectivity index is 2.28. The van der Waals surface area contributed by atoms with Crippen molar-refractivity contribution in [2.24, 2.45) is 0 Å². The molecule has 0 saturated heterocycles. The van der Waals surface area contributed by atoms with Crippen molar-refractivity contribution >= 4 is 22.6 Å². The van der Waals surface area contributed by atoms with Crippen LogP contribution in [0.4, 0.5) is 4.39 Å². The maximum Gasteiger partial charge on any atom is 0.140 e. The molecule has 2 heteroatoms. The molecule has 2 aromatic carbocycles. The zero-order valence-electron chi connectivity index (χ0n) is 10.9. The molecule has 0 fully saturated rings. The second-order valence-electron chi connectivity index (χ2n) is 5.14. The van der Waals surface area contributed by atoms with Crippen molar-refractivity contribution in [3.8, 4) is 0 Å². The largest absolute Gasteiger partial charge is 0.238 e. The number of fused-ring (bicyclic) bond motifs is 2. The Kier molecular flexibility index (Phi) is 3.37. The average Bonchev–Trinajstić information content (AvgIpc) is 2.55. The van der Waals surface area contributed by atoms with Gasteiger partial charge in [0, 0.05) is 6.42 Å². The van der Waals surface area contributed by atoms with E-state index in [2.05, 4.69) is 40.8 Å². The van der Waals surface area contributed by atoms with Gasteiger partial charge in [-0.2, -0.15) is 0 Å². The van der Waals surface area contributed by atoms with Crippen LogP contribution in [0, 0.1) is 0 Å². The van der Waals surface area contributed by atoms with Crippen molar-refractivity contribution in [1.29, 1.82) is 0 Å². The summed E-state index contributed by atoms with van der Waals surface area (Å²) in [6.45, 7) is 1.94. The van der Waals surface area contributed by atoms with E-state index in [1.807, 2.05) is 37.3 Å². The lowest BCUT2D eigenvalue weighted by Crippen LogP contribution is -2.22. The van der Waals surface area contributed by atoms with Crippen LogP contribution in [0.15, 0.2) is 48.5 Å². The molecule has 0 amide bonds. The summed E-state index contributed by atoms with van der Waals surface area (Å²) in [6, 6.07) is 16.2. The van der Waals surface area contributed by atoms with E-state index in [4.69, 9.17) is 0 Å². The summed E-state index contributed by atoms with van der Waals surface area (Å²) in [5.74, 6) is 0. The predicted octanol–water partition coefficient (Wildman–Crippen LogP) is 5.34. The Bertz CT molecular complexity index is 608. The zero-order valence-corrected chi connectivity index (χ0v) is 13.0. The summed E-state index contributed by atoms with van der Waals surface area (Å²) in [6.07, 6.45) is 0.998. The normalized spacial score (nSPS) is 25.3. The molecule has 0 aliphatic heterocycles. The Labute approximate surface area is 127 Å². The zero-order chi connectivity index (χ0) is 13.5. The fourth-order valence-electron chi connectivity index (χ4n) is 2.95. The van der Waals surface area contributed by atoms with E-state index in [-0.39, 0.29) is 3.92 Å². The first-order valence-electron chi connectivity index (χ1n) is 6.66. The maximum atomic E-state index is 15.4. The smallest absolute Gasteiger partial charge is 0.140 e. The van der Waals surface area contributed by atoms with E-state index in [9.17, 15) is 0 Å². The third-order valence-electron chi connectivity index (χ3n) is 4.08. The van der Waals surface area contributed by atoms with E-state index in [0.29, 0.717) is 12.8 Å². The first-order valence-corrected chi connectivity index (χ1v) is 7.90. The molecule has 2 unspecified atom stereocenters. The number of rotatable bonds is 1. The van der Waals surface area contributed by atoms with Crippen LogP contribution in [-0.2, 0) is 12.1 Å². The molecule has 3 rings (SSSR count).